The summed E-state index contributed by atoms with van der Waals surface area (Å²) in [7, 11) is 2.75. The van der Waals surface area contributed by atoms with Crippen molar-refractivity contribution in [3.8, 4) is 17.2 Å². The fraction of sp³-hybridized carbons (Fsp3) is 0.286. The number of piperidine rings is 1. The largest absolute Gasteiger partial charge is 0.493 e. The van der Waals surface area contributed by atoms with Crippen LogP contribution in [-0.2, 0) is 4.79 Å². The normalized spacial score (nSPS) is 13.7. The van der Waals surface area contributed by atoms with Crippen LogP contribution in [0.3, 0.4) is 0 Å². The molecule has 1 aliphatic rings. The van der Waals surface area contributed by atoms with Crippen LogP contribution < -0.4 is 19.5 Å². The molecule has 0 atom stereocenters. The molecule has 1 saturated heterocycles. The van der Waals surface area contributed by atoms with Crippen LogP contribution in [0, 0.1) is 11.6 Å². The number of nitrogens with one attached hydrogen (secondary N) is 1. The van der Waals surface area contributed by atoms with Crippen LogP contribution >= 0.6 is 0 Å². The Balaban J connectivity index is 1.30. The molecule has 9 heteroatoms. The quantitative estimate of drug-likeness (QED) is 0.461. The van der Waals surface area contributed by atoms with Gasteiger partial charge in [0.05, 0.1) is 19.8 Å². The second-order valence-corrected chi connectivity index (χ2v) is 8.62. The fourth-order valence-corrected chi connectivity index (χ4v) is 4.40. The smallest absolute Gasteiger partial charge is 0.262 e. The molecule has 1 N–H and O–H groups in total. The highest BCUT2D eigenvalue weighted by molar-refractivity contribution is 5.97. The molecule has 2 amide bonds. The van der Waals surface area contributed by atoms with E-state index in [0.29, 0.717) is 30.3 Å². The van der Waals surface area contributed by atoms with E-state index in [1.54, 1.807) is 23.1 Å². The van der Waals surface area contributed by atoms with Crippen molar-refractivity contribution >= 4 is 17.5 Å². The zero-order valence-corrected chi connectivity index (χ0v) is 20.6. The highest BCUT2D eigenvalue weighted by Crippen LogP contribution is 2.32. The SMILES string of the molecule is COc1ccccc1OCC(=O)Nc1ccc(C2CCN(C(=O)c3ccc(F)c(F)c3OC)CC2)cc1. The number of amides is 2. The molecule has 1 aliphatic heterocycles. The maximum Gasteiger partial charge on any atom is 0.262 e. The van der Waals surface area contributed by atoms with Gasteiger partial charge in [-0.1, -0.05) is 24.3 Å². The summed E-state index contributed by atoms with van der Waals surface area (Å²) in [4.78, 5) is 26.8. The van der Waals surface area contributed by atoms with Crippen LogP contribution in [0.2, 0.25) is 0 Å². The molecule has 3 aromatic carbocycles. The number of rotatable bonds is 8. The fourth-order valence-electron chi connectivity index (χ4n) is 4.40. The number of halogens is 2. The average molecular weight is 511 g/mol. The minimum atomic E-state index is -1.17. The van der Waals surface area contributed by atoms with Crippen LogP contribution in [0.25, 0.3) is 0 Å². The van der Waals surface area contributed by atoms with Gasteiger partial charge in [0, 0.05) is 18.8 Å². The zero-order chi connectivity index (χ0) is 26.4. The molecule has 0 saturated carbocycles. The summed E-state index contributed by atoms with van der Waals surface area (Å²) in [6.45, 7) is 0.798. The minimum Gasteiger partial charge on any atom is -0.493 e. The Morgan fingerprint density at radius 3 is 2.24 bits per heavy atom. The van der Waals surface area contributed by atoms with E-state index in [1.807, 2.05) is 30.3 Å². The number of hydrogen-bond acceptors (Lipinski definition) is 5. The van der Waals surface area contributed by atoms with Crippen molar-refractivity contribution in [2.75, 3.05) is 39.2 Å². The van der Waals surface area contributed by atoms with E-state index in [-0.39, 0.29) is 35.7 Å². The number of likely N-dealkylation sites (tertiary alicyclic amines) is 1. The van der Waals surface area contributed by atoms with Crippen LogP contribution in [0.15, 0.2) is 60.7 Å². The first kappa shape index (κ1) is 25.9. The summed E-state index contributed by atoms with van der Waals surface area (Å²) < 4.78 is 43.2. The summed E-state index contributed by atoms with van der Waals surface area (Å²) in [5.41, 5.74) is 1.76. The van der Waals surface area contributed by atoms with Crippen molar-refractivity contribution in [3.63, 3.8) is 0 Å². The highest BCUT2D eigenvalue weighted by atomic mass is 19.2. The van der Waals surface area contributed by atoms with Crippen molar-refractivity contribution in [2.24, 2.45) is 0 Å². The van der Waals surface area contributed by atoms with Gasteiger partial charge >= 0.3 is 0 Å². The monoisotopic (exact) mass is 510 g/mol. The molecule has 4 rings (SSSR count). The lowest BCUT2D eigenvalue weighted by molar-refractivity contribution is -0.118. The van der Waals surface area contributed by atoms with Gasteiger partial charge in [-0.15, -0.1) is 0 Å². The summed E-state index contributed by atoms with van der Waals surface area (Å²) >= 11 is 0. The second-order valence-electron chi connectivity index (χ2n) is 8.62. The Kier molecular flexibility index (Phi) is 8.22. The topological polar surface area (TPSA) is 77.1 Å². The maximum atomic E-state index is 14.0. The van der Waals surface area contributed by atoms with E-state index >= 15 is 0 Å². The molecule has 0 spiro atoms. The third-order valence-corrected chi connectivity index (χ3v) is 6.36. The molecule has 3 aromatic rings. The third kappa shape index (κ3) is 5.99. The van der Waals surface area contributed by atoms with Crippen LogP contribution in [-0.4, -0.2) is 50.6 Å². The highest BCUT2D eigenvalue weighted by Gasteiger charge is 2.28. The lowest BCUT2D eigenvalue weighted by atomic mass is 9.89. The first-order chi connectivity index (χ1) is 17.9. The van der Waals surface area contributed by atoms with Gasteiger partial charge < -0.3 is 24.4 Å². The summed E-state index contributed by atoms with van der Waals surface area (Å²) in [5, 5.41) is 2.81. The predicted octanol–water partition coefficient (Wildman–Crippen LogP) is 5.02. The number of benzene rings is 3. The minimum absolute atomic E-state index is 0.00892. The molecule has 7 nitrogen and oxygen atoms in total. The lowest BCUT2D eigenvalue weighted by Crippen LogP contribution is -2.38. The van der Waals surface area contributed by atoms with Gasteiger partial charge in [-0.3, -0.25) is 9.59 Å². The van der Waals surface area contributed by atoms with Crippen molar-refractivity contribution in [1.82, 2.24) is 4.90 Å². The maximum absolute atomic E-state index is 14.0. The number of nitrogens with zero attached hydrogens (tertiary/aromatic N) is 1. The van der Waals surface area contributed by atoms with Gasteiger partial charge in [-0.2, -0.15) is 4.39 Å². The predicted molar refractivity (Wildman–Crippen MR) is 134 cm³/mol. The van der Waals surface area contributed by atoms with Crippen LogP contribution in [0.1, 0.15) is 34.7 Å². The van der Waals surface area contributed by atoms with Gasteiger partial charge in [0.1, 0.15) is 0 Å². The molecule has 0 bridgehead atoms. The van der Waals surface area contributed by atoms with Crippen LogP contribution in [0.5, 0.6) is 17.2 Å². The van der Waals surface area contributed by atoms with Crippen molar-refractivity contribution in [1.29, 1.82) is 0 Å². The van der Waals surface area contributed by atoms with Crippen molar-refractivity contribution < 1.29 is 32.6 Å². The van der Waals surface area contributed by atoms with Crippen molar-refractivity contribution in [2.45, 2.75) is 18.8 Å². The van der Waals surface area contributed by atoms with Gasteiger partial charge in [-0.25, -0.2) is 4.39 Å². The third-order valence-electron chi connectivity index (χ3n) is 6.36. The molecule has 1 heterocycles. The van der Waals surface area contributed by atoms with Gasteiger partial charge in [-0.05, 0) is 60.7 Å². The van der Waals surface area contributed by atoms with E-state index < -0.39 is 11.6 Å². The lowest BCUT2D eigenvalue weighted by Gasteiger charge is -2.32. The number of carbonyl (C=O) groups excluding carboxylic acids is 2. The second kappa shape index (κ2) is 11.7. The molecule has 0 unspecified atom stereocenters. The average Bonchev–Trinajstić information content (AvgIpc) is 2.93. The Hall–Kier alpha value is -4.14. The first-order valence-electron chi connectivity index (χ1n) is 11.9. The van der Waals surface area contributed by atoms with E-state index in [2.05, 4.69) is 5.32 Å². The first-order valence-corrected chi connectivity index (χ1v) is 11.9. The number of hydrogen-bond donors (Lipinski definition) is 1. The Morgan fingerprint density at radius 2 is 1.59 bits per heavy atom. The molecular formula is C28H28F2N2O5. The summed E-state index contributed by atoms with van der Waals surface area (Å²) in [6.07, 6.45) is 1.44. The van der Waals surface area contributed by atoms with E-state index in [1.165, 1.54) is 20.3 Å². The molecule has 0 radical (unpaired) electrons. The molecular weight excluding hydrogens is 482 g/mol. The Labute approximate surface area is 213 Å². The zero-order valence-electron chi connectivity index (χ0n) is 20.6. The molecule has 0 aromatic heterocycles. The Bertz CT molecular complexity index is 1260. The number of para-hydroxylation sites is 2. The van der Waals surface area contributed by atoms with E-state index in [4.69, 9.17) is 14.2 Å². The van der Waals surface area contributed by atoms with E-state index in [9.17, 15) is 18.4 Å². The number of ether oxygens (including phenoxy) is 3. The number of carbonyl (C=O) groups is 2. The van der Waals surface area contributed by atoms with Gasteiger partial charge in [0.25, 0.3) is 11.8 Å². The molecule has 194 valence electrons. The van der Waals surface area contributed by atoms with Crippen molar-refractivity contribution in [3.05, 3.63) is 83.4 Å². The van der Waals surface area contributed by atoms with Gasteiger partial charge in [0.15, 0.2) is 29.7 Å². The summed E-state index contributed by atoms with van der Waals surface area (Å²) in [5.74, 6) is -2.01. The summed E-state index contributed by atoms with van der Waals surface area (Å²) in [6, 6.07) is 16.9. The molecule has 1 fully saturated rings. The van der Waals surface area contributed by atoms with Crippen LogP contribution in [0.4, 0.5) is 14.5 Å². The number of anilines is 1. The van der Waals surface area contributed by atoms with E-state index in [0.717, 1.165) is 24.5 Å². The molecule has 0 aliphatic carbocycles. The molecule has 37 heavy (non-hydrogen) atoms. The number of methoxy groups -OCH3 is 2. The standard InChI is InChI=1S/C28H28F2N2O5/c1-35-23-5-3-4-6-24(23)37-17-25(33)31-20-9-7-18(8-10-20)19-13-15-32(16-14-19)28(34)21-11-12-22(29)26(30)27(21)36-2/h3-12,19H,13-17H2,1-2H3,(H,31,33). The Morgan fingerprint density at radius 1 is 0.919 bits per heavy atom. The van der Waals surface area contributed by atoms with Gasteiger partial charge in [0.2, 0.25) is 5.82 Å².